The summed E-state index contributed by atoms with van der Waals surface area (Å²) < 4.78 is 1.98. The van der Waals surface area contributed by atoms with Gasteiger partial charge in [-0.1, -0.05) is 12.8 Å². The topological polar surface area (TPSA) is 29.9 Å². The molecule has 3 nitrogen and oxygen atoms in total. The molecule has 0 unspecified atom stereocenters. The summed E-state index contributed by atoms with van der Waals surface area (Å²) in [6.45, 7) is 5.22. The van der Waals surface area contributed by atoms with E-state index in [1.807, 2.05) is 10.9 Å². The third-order valence-corrected chi connectivity index (χ3v) is 3.25. The monoisotopic (exact) mass is 207 g/mol. The van der Waals surface area contributed by atoms with E-state index in [0.29, 0.717) is 0 Å². The predicted molar refractivity (Wildman–Crippen MR) is 61.6 cm³/mol. The van der Waals surface area contributed by atoms with E-state index in [9.17, 15) is 0 Å². The van der Waals surface area contributed by atoms with Crippen LogP contribution in [0.5, 0.6) is 0 Å². The quantitative estimate of drug-likeness (QED) is 0.802. The van der Waals surface area contributed by atoms with Crippen molar-refractivity contribution in [3.05, 3.63) is 18.0 Å². The van der Waals surface area contributed by atoms with Gasteiger partial charge in [-0.25, -0.2) is 0 Å². The Morgan fingerprint density at radius 2 is 2.27 bits per heavy atom. The molecule has 1 saturated carbocycles. The average molecular weight is 207 g/mol. The van der Waals surface area contributed by atoms with Crippen LogP contribution in [-0.4, -0.2) is 16.3 Å². The predicted octanol–water partition coefficient (Wildman–Crippen LogP) is 2.18. The lowest BCUT2D eigenvalue weighted by Gasteiger charge is -2.09. The first-order chi connectivity index (χ1) is 7.38. The number of aryl methyl sites for hydroxylation is 1. The fraction of sp³-hybridized carbons (Fsp3) is 0.750. The van der Waals surface area contributed by atoms with Crippen molar-refractivity contribution in [3.63, 3.8) is 0 Å². The van der Waals surface area contributed by atoms with Crippen molar-refractivity contribution in [3.8, 4) is 0 Å². The maximum absolute atomic E-state index is 4.26. The van der Waals surface area contributed by atoms with Crippen LogP contribution in [0, 0.1) is 5.92 Å². The minimum absolute atomic E-state index is 0.922. The molecule has 84 valence electrons. The van der Waals surface area contributed by atoms with E-state index in [0.717, 1.165) is 19.0 Å². The molecule has 0 aromatic carbocycles. The fourth-order valence-corrected chi connectivity index (χ4v) is 2.31. The number of hydrogen-bond donors (Lipinski definition) is 1. The molecule has 1 aliphatic rings. The molecule has 15 heavy (non-hydrogen) atoms. The minimum atomic E-state index is 0.922. The second-order valence-electron chi connectivity index (χ2n) is 4.49. The molecular formula is C12H21N3. The molecule has 0 saturated heterocycles. The first-order valence-corrected chi connectivity index (χ1v) is 6.10. The van der Waals surface area contributed by atoms with Crippen molar-refractivity contribution < 1.29 is 0 Å². The first kappa shape index (κ1) is 10.7. The SMILES string of the molecule is CCn1cc(CNCC2CCCC2)cn1. The van der Waals surface area contributed by atoms with Gasteiger partial charge < -0.3 is 5.32 Å². The Bertz CT molecular complexity index is 287. The summed E-state index contributed by atoms with van der Waals surface area (Å²) in [7, 11) is 0. The first-order valence-electron chi connectivity index (χ1n) is 6.10. The van der Waals surface area contributed by atoms with Crippen LogP contribution in [0.25, 0.3) is 0 Å². The van der Waals surface area contributed by atoms with E-state index >= 15 is 0 Å². The number of hydrogen-bond acceptors (Lipinski definition) is 2. The van der Waals surface area contributed by atoms with Gasteiger partial charge in [-0.15, -0.1) is 0 Å². The number of aromatic nitrogens is 2. The molecule has 0 atom stereocenters. The third kappa shape index (κ3) is 3.06. The van der Waals surface area contributed by atoms with Gasteiger partial charge >= 0.3 is 0 Å². The Kier molecular flexibility index (Phi) is 3.78. The highest BCUT2D eigenvalue weighted by Crippen LogP contribution is 2.23. The molecule has 0 amide bonds. The summed E-state index contributed by atoms with van der Waals surface area (Å²) in [4.78, 5) is 0. The molecule has 1 N–H and O–H groups in total. The number of nitrogens with zero attached hydrogens (tertiary/aromatic N) is 2. The number of rotatable bonds is 5. The van der Waals surface area contributed by atoms with Gasteiger partial charge in [0.2, 0.25) is 0 Å². The van der Waals surface area contributed by atoms with Crippen molar-refractivity contribution >= 4 is 0 Å². The molecule has 0 spiro atoms. The summed E-state index contributed by atoms with van der Waals surface area (Å²) in [6, 6.07) is 0. The molecule has 0 radical (unpaired) electrons. The zero-order valence-electron chi connectivity index (χ0n) is 9.58. The van der Waals surface area contributed by atoms with Gasteiger partial charge in [0.15, 0.2) is 0 Å². The Morgan fingerprint density at radius 3 is 2.93 bits per heavy atom. The van der Waals surface area contributed by atoms with E-state index in [1.54, 1.807) is 0 Å². The lowest BCUT2D eigenvalue weighted by Crippen LogP contribution is -2.20. The van der Waals surface area contributed by atoms with E-state index < -0.39 is 0 Å². The summed E-state index contributed by atoms with van der Waals surface area (Å²) in [5.41, 5.74) is 1.30. The summed E-state index contributed by atoms with van der Waals surface area (Å²) in [5, 5.41) is 7.79. The maximum atomic E-state index is 4.26. The fourth-order valence-electron chi connectivity index (χ4n) is 2.31. The molecule has 1 fully saturated rings. The summed E-state index contributed by atoms with van der Waals surface area (Å²) >= 11 is 0. The molecule has 1 aliphatic carbocycles. The van der Waals surface area contributed by atoms with Crippen molar-refractivity contribution in [1.82, 2.24) is 15.1 Å². The van der Waals surface area contributed by atoms with E-state index in [4.69, 9.17) is 0 Å². The normalized spacial score (nSPS) is 17.4. The van der Waals surface area contributed by atoms with E-state index in [1.165, 1.54) is 37.8 Å². The third-order valence-electron chi connectivity index (χ3n) is 3.25. The van der Waals surface area contributed by atoms with Gasteiger partial charge in [-0.3, -0.25) is 4.68 Å². The minimum Gasteiger partial charge on any atom is -0.312 e. The zero-order valence-corrected chi connectivity index (χ0v) is 9.58. The molecular weight excluding hydrogens is 186 g/mol. The van der Waals surface area contributed by atoms with E-state index in [2.05, 4.69) is 23.5 Å². The second kappa shape index (κ2) is 5.31. The van der Waals surface area contributed by atoms with Crippen LogP contribution < -0.4 is 5.32 Å². The molecule has 1 aromatic rings. The molecule has 0 bridgehead atoms. The van der Waals surface area contributed by atoms with Crippen molar-refractivity contribution in [2.24, 2.45) is 5.92 Å². The summed E-state index contributed by atoms with van der Waals surface area (Å²) in [5.74, 6) is 0.922. The second-order valence-corrected chi connectivity index (χ2v) is 4.49. The lowest BCUT2D eigenvalue weighted by atomic mass is 10.1. The molecule has 3 heteroatoms. The van der Waals surface area contributed by atoms with Gasteiger partial charge in [-0.2, -0.15) is 5.10 Å². The van der Waals surface area contributed by atoms with Gasteiger partial charge in [-0.05, 0) is 32.2 Å². The van der Waals surface area contributed by atoms with Gasteiger partial charge in [0.05, 0.1) is 6.20 Å². The van der Waals surface area contributed by atoms with Gasteiger partial charge in [0, 0.05) is 24.8 Å². The lowest BCUT2D eigenvalue weighted by molar-refractivity contribution is 0.489. The molecule has 2 rings (SSSR count). The van der Waals surface area contributed by atoms with Crippen LogP contribution in [0.2, 0.25) is 0 Å². The van der Waals surface area contributed by atoms with Crippen molar-refractivity contribution in [1.29, 1.82) is 0 Å². The van der Waals surface area contributed by atoms with Crippen LogP contribution in [0.3, 0.4) is 0 Å². The number of nitrogens with one attached hydrogen (secondary N) is 1. The zero-order chi connectivity index (χ0) is 10.5. The standard InChI is InChI=1S/C12H21N3/c1-2-15-10-12(9-14-15)8-13-7-11-5-3-4-6-11/h9-11,13H,2-8H2,1H3. The molecule has 1 heterocycles. The van der Waals surface area contributed by atoms with Crippen LogP contribution >= 0.6 is 0 Å². The van der Waals surface area contributed by atoms with Crippen LogP contribution in [0.15, 0.2) is 12.4 Å². The average Bonchev–Trinajstić information content (AvgIpc) is 2.88. The highest BCUT2D eigenvalue weighted by molar-refractivity contribution is 5.03. The van der Waals surface area contributed by atoms with Crippen molar-refractivity contribution in [2.45, 2.75) is 45.7 Å². The largest absolute Gasteiger partial charge is 0.312 e. The van der Waals surface area contributed by atoms with Gasteiger partial charge in [0.1, 0.15) is 0 Å². The van der Waals surface area contributed by atoms with Crippen LogP contribution in [-0.2, 0) is 13.1 Å². The highest BCUT2D eigenvalue weighted by atomic mass is 15.3. The maximum Gasteiger partial charge on any atom is 0.0534 e. The van der Waals surface area contributed by atoms with Crippen LogP contribution in [0.4, 0.5) is 0 Å². The van der Waals surface area contributed by atoms with Crippen LogP contribution in [0.1, 0.15) is 38.2 Å². The molecule has 1 aromatic heterocycles. The Hall–Kier alpha value is -0.830. The van der Waals surface area contributed by atoms with Crippen molar-refractivity contribution in [2.75, 3.05) is 6.54 Å². The van der Waals surface area contributed by atoms with Gasteiger partial charge in [0.25, 0.3) is 0 Å². The highest BCUT2D eigenvalue weighted by Gasteiger charge is 2.13. The summed E-state index contributed by atoms with van der Waals surface area (Å²) in [6.07, 6.45) is 9.79. The smallest absolute Gasteiger partial charge is 0.0534 e. The Labute approximate surface area is 91.9 Å². The molecule has 0 aliphatic heterocycles. The Balaban J connectivity index is 1.68. The Morgan fingerprint density at radius 1 is 1.47 bits per heavy atom. The van der Waals surface area contributed by atoms with E-state index in [-0.39, 0.29) is 0 Å².